The fourth-order valence-electron chi connectivity index (χ4n) is 3.16. The highest BCUT2D eigenvalue weighted by atomic mass is 32.2. The van der Waals surface area contributed by atoms with Gasteiger partial charge in [0.25, 0.3) is 0 Å². The van der Waals surface area contributed by atoms with Crippen LogP contribution in [0.15, 0.2) is 6.07 Å². The second-order valence-electron chi connectivity index (χ2n) is 6.03. The topological polar surface area (TPSA) is 75.2 Å². The molecule has 6 nitrogen and oxygen atoms in total. The summed E-state index contributed by atoms with van der Waals surface area (Å²) in [6, 6.07) is 2.22. The zero-order valence-corrected chi connectivity index (χ0v) is 13.2. The van der Waals surface area contributed by atoms with Crippen molar-refractivity contribution < 1.29 is 8.42 Å². The molecule has 1 aromatic rings. The number of sulfonamides is 1. The number of rotatable bonds is 3. The third kappa shape index (κ3) is 3.71. The second-order valence-corrected chi connectivity index (χ2v) is 7.81. The first-order valence-electron chi connectivity index (χ1n) is 7.59. The van der Waals surface area contributed by atoms with Gasteiger partial charge in [-0.2, -0.15) is 5.10 Å². The molecule has 1 aromatic heterocycles. The lowest BCUT2D eigenvalue weighted by Gasteiger charge is -2.33. The largest absolute Gasteiger partial charge is 0.355 e. The molecule has 2 heterocycles. The summed E-state index contributed by atoms with van der Waals surface area (Å²) in [6.07, 6.45) is 7.43. The van der Waals surface area contributed by atoms with Crippen molar-refractivity contribution in [3.8, 4) is 0 Å². The van der Waals surface area contributed by atoms with Gasteiger partial charge in [0.2, 0.25) is 10.0 Å². The summed E-state index contributed by atoms with van der Waals surface area (Å²) in [6.45, 7) is 1.64. The Morgan fingerprint density at radius 1 is 1.19 bits per heavy atom. The van der Waals surface area contributed by atoms with Gasteiger partial charge >= 0.3 is 0 Å². The van der Waals surface area contributed by atoms with E-state index in [0.717, 1.165) is 50.3 Å². The predicted octanol–water partition coefficient (Wildman–Crippen LogP) is 0.873. The van der Waals surface area contributed by atoms with Crippen LogP contribution in [0.5, 0.6) is 0 Å². The Balaban J connectivity index is 1.64. The Hall–Kier alpha value is -1.21. The van der Waals surface area contributed by atoms with Gasteiger partial charge in [0.15, 0.2) is 5.82 Å². The Morgan fingerprint density at radius 3 is 2.62 bits per heavy atom. The molecule has 0 radical (unpaired) electrons. The van der Waals surface area contributed by atoms with Gasteiger partial charge in [-0.3, -0.25) is 0 Å². The van der Waals surface area contributed by atoms with Crippen LogP contribution >= 0.6 is 0 Å². The number of nitrogens with zero attached hydrogens (tertiary/aromatic N) is 3. The van der Waals surface area contributed by atoms with Crippen LogP contribution in [0.3, 0.4) is 0 Å². The molecule has 0 spiro atoms. The minimum absolute atomic E-state index is 0.0434. The molecule has 0 aromatic carbocycles. The Bertz CT molecular complexity index is 609. The second kappa shape index (κ2) is 5.88. The zero-order chi connectivity index (χ0) is 14.9. The van der Waals surface area contributed by atoms with E-state index in [1.54, 1.807) is 0 Å². The molecule has 1 aliphatic heterocycles. The van der Waals surface area contributed by atoms with Crippen molar-refractivity contribution in [2.75, 3.05) is 24.2 Å². The highest BCUT2D eigenvalue weighted by molar-refractivity contribution is 7.88. The van der Waals surface area contributed by atoms with Crippen LogP contribution in [0.2, 0.25) is 0 Å². The van der Waals surface area contributed by atoms with Crippen molar-refractivity contribution >= 4 is 15.8 Å². The highest BCUT2D eigenvalue weighted by Gasteiger charge is 2.23. The molecule has 0 unspecified atom stereocenters. The van der Waals surface area contributed by atoms with Crippen molar-refractivity contribution in [3.63, 3.8) is 0 Å². The molecule has 1 aliphatic carbocycles. The van der Waals surface area contributed by atoms with Gasteiger partial charge in [-0.25, -0.2) is 13.1 Å². The number of aryl methyl sites for hydroxylation is 2. The molecular formula is C14H22N4O2S. The SMILES string of the molecule is CS(=O)(=O)NC1CCN(c2cc3c(nn2)CCCC3)CC1. The van der Waals surface area contributed by atoms with Crippen molar-refractivity contribution in [3.05, 3.63) is 17.3 Å². The molecule has 0 amide bonds. The van der Waals surface area contributed by atoms with Gasteiger partial charge in [-0.05, 0) is 50.2 Å². The average molecular weight is 310 g/mol. The Labute approximate surface area is 126 Å². The third-order valence-corrected chi connectivity index (χ3v) is 5.02. The molecule has 116 valence electrons. The third-order valence-electron chi connectivity index (χ3n) is 4.26. The summed E-state index contributed by atoms with van der Waals surface area (Å²) >= 11 is 0. The minimum Gasteiger partial charge on any atom is -0.355 e. The molecule has 3 rings (SSSR count). The number of hydrogen-bond donors (Lipinski definition) is 1. The number of hydrogen-bond acceptors (Lipinski definition) is 5. The summed E-state index contributed by atoms with van der Waals surface area (Å²) in [4.78, 5) is 2.21. The zero-order valence-electron chi connectivity index (χ0n) is 12.4. The lowest BCUT2D eigenvalue weighted by Crippen LogP contribution is -2.44. The van der Waals surface area contributed by atoms with Crippen molar-refractivity contribution in [2.24, 2.45) is 0 Å². The Kier molecular flexibility index (Phi) is 4.12. The maximum atomic E-state index is 11.3. The number of piperidine rings is 1. The quantitative estimate of drug-likeness (QED) is 0.897. The molecule has 1 fully saturated rings. The van der Waals surface area contributed by atoms with E-state index in [0.29, 0.717) is 0 Å². The van der Waals surface area contributed by atoms with Crippen LogP contribution in [0.25, 0.3) is 0 Å². The normalized spacial score (nSPS) is 20.3. The molecular weight excluding hydrogens is 288 g/mol. The van der Waals surface area contributed by atoms with Crippen LogP contribution in [0.4, 0.5) is 5.82 Å². The fourth-order valence-corrected chi connectivity index (χ4v) is 4.00. The highest BCUT2D eigenvalue weighted by Crippen LogP contribution is 2.24. The van der Waals surface area contributed by atoms with Crippen LogP contribution in [0.1, 0.15) is 36.9 Å². The van der Waals surface area contributed by atoms with Crippen LogP contribution in [0, 0.1) is 0 Å². The molecule has 0 bridgehead atoms. The molecule has 7 heteroatoms. The smallest absolute Gasteiger partial charge is 0.208 e. The maximum Gasteiger partial charge on any atom is 0.208 e. The summed E-state index contributed by atoms with van der Waals surface area (Å²) in [5.41, 5.74) is 2.49. The number of nitrogens with one attached hydrogen (secondary N) is 1. The van der Waals surface area contributed by atoms with E-state index in [9.17, 15) is 8.42 Å². The lowest BCUT2D eigenvalue weighted by molar-refractivity contribution is 0.458. The first-order chi connectivity index (χ1) is 10.0. The van der Waals surface area contributed by atoms with E-state index >= 15 is 0 Å². The molecule has 0 saturated carbocycles. The number of anilines is 1. The first kappa shape index (κ1) is 14.7. The van der Waals surface area contributed by atoms with Crippen molar-refractivity contribution in [2.45, 2.75) is 44.6 Å². The summed E-state index contributed by atoms with van der Waals surface area (Å²) in [5, 5.41) is 8.72. The summed E-state index contributed by atoms with van der Waals surface area (Å²) < 4.78 is 25.2. The first-order valence-corrected chi connectivity index (χ1v) is 9.48. The van der Waals surface area contributed by atoms with Gasteiger partial charge in [0.1, 0.15) is 0 Å². The maximum absolute atomic E-state index is 11.3. The molecule has 1 saturated heterocycles. The predicted molar refractivity (Wildman–Crippen MR) is 81.9 cm³/mol. The molecule has 21 heavy (non-hydrogen) atoms. The van der Waals surface area contributed by atoms with Crippen LogP contribution in [-0.2, 0) is 22.9 Å². The minimum atomic E-state index is -3.11. The van der Waals surface area contributed by atoms with Gasteiger partial charge < -0.3 is 4.90 Å². The fraction of sp³-hybridized carbons (Fsp3) is 0.714. The van der Waals surface area contributed by atoms with E-state index < -0.39 is 10.0 Å². The Morgan fingerprint density at radius 2 is 1.90 bits per heavy atom. The van der Waals surface area contributed by atoms with E-state index in [1.807, 2.05) is 0 Å². The van der Waals surface area contributed by atoms with Gasteiger partial charge in [-0.1, -0.05) is 0 Å². The van der Waals surface area contributed by atoms with Gasteiger partial charge in [0, 0.05) is 19.1 Å². The summed E-state index contributed by atoms with van der Waals surface area (Å²) in [5.74, 6) is 0.938. The van der Waals surface area contributed by atoms with Gasteiger partial charge in [0.05, 0.1) is 11.9 Å². The van der Waals surface area contributed by atoms with Crippen molar-refractivity contribution in [1.29, 1.82) is 0 Å². The number of fused-ring (bicyclic) bond motifs is 1. The van der Waals surface area contributed by atoms with Gasteiger partial charge in [-0.15, -0.1) is 5.10 Å². The lowest BCUT2D eigenvalue weighted by atomic mass is 9.96. The molecule has 1 N–H and O–H groups in total. The van der Waals surface area contributed by atoms with E-state index in [1.165, 1.54) is 24.7 Å². The monoisotopic (exact) mass is 310 g/mol. The molecule has 0 atom stereocenters. The number of aromatic nitrogens is 2. The summed E-state index contributed by atoms with van der Waals surface area (Å²) in [7, 11) is -3.11. The van der Waals surface area contributed by atoms with E-state index in [-0.39, 0.29) is 6.04 Å². The standard InChI is InChI=1S/C14H22N4O2S/c1-21(19,20)17-12-6-8-18(9-7-12)14-10-11-4-2-3-5-13(11)15-16-14/h10,12,17H,2-9H2,1H3. The van der Waals surface area contributed by atoms with E-state index in [4.69, 9.17) is 0 Å². The van der Waals surface area contributed by atoms with Crippen LogP contribution in [-0.4, -0.2) is 44.0 Å². The van der Waals surface area contributed by atoms with Crippen LogP contribution < -0.4 is 9.62 Å². The van der Waals surface area contributed by atoms with Crippen molar-refractivity contribution in [1.82, 2.24) is 14.9 Å². The molecule has 2 aliphatic rings. The average Bonchev–Trinajstić information content (AvgIpc) is 2.46. The van der Waals surface area contributed by atoms with E-state index in [2.05, 4.69) is 25.9 Å².